The van der Waals surface area contributed by atoms with E-state index in [1.54, 1.807) is 0 Å². The van der Waals surface area contributed by atoms with Crippen molar-refractivity contribution in [3.05, 3.63) is 235 Å². The topological polar surface area (TPSA) is 38.7 Å². The molecule has 3 heteroatoms. The van der Waals surface area contributed by atoms with Gasteiger partial charge in [-0.3, -0.25) is 0 Å². The van der Waals surface area contributed by atoms with Crippen LogP contribution in [0.4, 0.5) is 0 Å². The Balaban J connectivity index is 1.08. The number of pyridine rings is 1. The second kappa shape index (κ2) is 13.2. The van der Waals surface area contributed by atoms with E-state index in [0.29, 0.717) is 5.82 Å². The first-order chi connectivity index (χ1) is 29.2. The number of hydrogen-bond donors (Lipinski definition) is 0. The van der Waals surface area contributed by atoms with E-state index in [9.17, 15) is 0 Å². The normalized spacial score (nSPS) is 12.9. The maximum atomic E-state index is 5.56. The van der Waals surface area contributed by atoms with E-state index in [4.69, 9.17) is 15.0 Å². The van der Waals surface area contributed by atoms with E-state index in [1.807, 2.05) is 12.1 Å². The zero-order valence-electron chi connectivity index (χ0n) is 32.0. The molecule has 2 aliphatic rings. The Bertz CT molecular complexity index is 3160. The van der Waals surface area contributed by atoms with Gasteiger partial charge in [0, 0.05) is 27.6 Å². The molecule has 12 rings (SSSR count). The van der Waals surface area contributed by atoms with Crippen molar-refractivity contribution in [3.8, 4) is 78.5 Å². The van der Waals surface area contributed by atoms with Gasteiger partial charge in [0.05, 0.1) is 28.0 Å². The lowest BCUT2D eigenvalue weighted by molar-refractivity contribution is 0.794. The molecule has 0 aliphatic heterocycles. The lowest BCUT2D eigenvalue weighted by Crippen LogP contribution is -2.25. The summed E-state index contributed by atoms with van der Waals surface area (Å²) in [6.45, 7) is 0. The summed E-state index contributed by atoms with van der Waals surface area (Å²) in [6, 6.07) is 76.0. The SMILES string of the molecule is c1ccc(-c2cc(-c3ccccc3)nc(-c3cccc(-c4cc(-c5ccccc5)c5cc6c(cc5n4)C4(c5ccccc5-c5ccccc54)c4ccccc4-6)c3)n2)cc1. The summed E-state index contributed by atoms with van der Waals surface area (Å²) >= 11 is 0. The van der Waals surface area contributed by atoms with E-state index >= 15 is 0 Å². The highest BCUT2D eigenvalue weighted by molar-refractivity contribution is 6.04. The Kier molecular flexibility index (Phi) is 7.45. The Hall–Kier alpha value is -7.75. The molecule has 10 aromatic rings. The highest BCUT2D eigenvalue weighted by Crippen LogP contribution is 2.63. The molecule has 0 fully saturated rings. The third kappa shape index (κ3) is 5.11. The summed E-state index contributed by atoms with van der Waals surface area (Å²) in [5, 5.41) is 1.13. The first kappa shape index (κ1) is 33.4. The molecular formula is C56H35N3. The van der Waals surface area contributed by atoms with Gasteiger partial charge in [-0.25, -0.2) is 15.0 Å². The van der Waals surface area contributed by atoms with Gasteiger partial charge in [-0.15, -0.1) is 0 Å². The van der Waals surface area contributed by atoms with Gasteiger partial charge < -0.3 is 0 Å². The average molecular weight is 750 g/mol. The lowest BCUT2D eigenvalue weighted by atomic mass is 9.70. The molecular weight excluding hydrogens is 715 g/mol. The summed E-state index contributed by atoms with van der Waals surface area (Å²) in [4.78, 5) is 15.9. The van der Waals surface area contributed by atoms with Gasteiger partial charge in [0.25, 0.3) is 0 Å². The lowest BCUT2D eigenvalue weighted by Gasteiger charge is -2.30. The molecule has 59 heavy (non-hydrogen) atoms. The predicted octanol–water partition coefficient (Wildman–Crippen LogP) is 13.7. The van der Waals surface area contributed by atoms with Crippen LogP contribution in [0.15, 0.2) is 212 Å². The molecule has 274 valence electrons. The summed E-state index contributed by atoms with van der Waals surface area (Å²) in [5.41, 5.74) is 19.9. The summed E-state index contributed by atoms with van der Waals surface area (Å²) in [7, 11) is 0. The van der Waals surface area contributed by atoms with Gasteiger partial charge in [0.1, 0.15) is 0 Å². The Morgan fingerprint density at radius 2 is 0.729 bits per heavy atom. The Labute approximate surface area is 343 Å². The van der Waals surface area contributed by atoms with Crippen molar-refractivity contribution in [1.29, 1.82) is 0 Å². The van der Waals surface area contributed by atoms with Crippen molar-refractivity contribution >= 4 is 10.9 Å². The maximum Gasteiger partial charge on any atom is 0.160 e. The van der Waals surface area contributed by atoms with Gasteiger partial charge in [0.15, 0.2) is 5.82 Å². The second-order valence-electron chi connectivity index (χ2n) is 15.5. The van der Waals surface area contributed by atoms with Crippen LogP contribution in [0.3, 0.4) is 0 Å². The molecule has 0 amide bonds. The number of fused-ring (bicyclic) bond motifs is 11. The predicted molar refractivity (Wildman–Crippen MR) is 241 cm³/mol. The summed E-state index contributed by atoms with van der Waals surface area (Å²) in [5.74, 6) is 0.673. The van der Waals surface area contributed by atoms with Crippen molar-refractivity contribution in [2.45, 2.75) is 5.41 Å². The van der Waals surface area contributed by atoms with Gasteiger partial charge in [-0.2, -0.15) is 0 Å². The monoisotopic (exact) mass is 749 g/mol. The summed E-state index contributed by atoms with van der Waals surface area (Å²) < 4.78 is 0. The van der Waals surface area contributed by atoms with Crippen molar-refractivity contribution < 1.29 is 0 Å². The molecule has 3 nitrogen and oxygen atoms in total. The Morgan fingerprint density at radius 1 is 0.271 bits per heavy atom. The Morgan fingerprint density at radius 3 is 1.31 bits per heavy atom. The highest BCUT2D eigenvalue weighted by Gasteiger charge is 2.51. The minimum Gasteiger partial charge on any atom is -0.248 e. The molecule has 0 saturated carbocycles. The molecule has 8 aromatic carbocycles. The quantitative estimate of drug-likeness (QED) is 0.176. The van der Waals surface area contributed by atoms with Crippen LogP contribution in [0.2, 0.25) is 0 Å². The molecule has 0 saturated heterocycles. The van der Waals surface area contributed by atoms with Gasteiger partial charge in [-0.05, 0) is 86.0 Å². The van der Waals surface area contributed by atoms with Crippen LogP contribution >= 0.6 is 0 Å². The van der Waals surface area contributed by atoms with E-state index in [1.165, 1.54) is 44.5 Å². The first-order valence-corrected chi connectivity index (χ1v) is 20.2. The number of hydrogen-bond acceptors (Lipinski definition) is 3. The van der Waals surface area contributed by atoms with E-state index in [2.05, 4.69) is 200 Å². The molecule has 1 spiro atoms. The van der Waals surface area contributed by atoms with Crippen LogP contribution in [0.25, 0.3) is 89.4 Å². The van der Waals surface area contributed by atoms with E-state index in [0.717, 1.165) is 61.4 Å². The van der Waals surface area contributed by atoms with Crippen LogP contribution in [-0.4, -0.2) is 15.0 Å². The maximum absolute atomic E-state index is 5.56. The van der Waals surface area contributed by atoms with Crippen molar-refractivity contribution in [2.75, 3.05) is 0 Å². The molecule has 2 aromatic heterocycles. The van der Waals surface area contributed by atoms with Crippen LogP contribution in [0, 0.1) is 0 Å². The van der Waals surface area contributed by atoms with Crippen LogP contribution in [-0.2, 0) is 5.41 Å². The van der Waals surface area contributed by atoms with Gasteiger partial charge >= 0.3 is 0 Å². The fourth-order valence-electron chi connectivity index (χ4n) is 9.72. The second-order valence-corrected chi connectivity index (χ2v) is 15.5. The smallest absolute Gasteiger partial charge is 0.160 e. The van der Waals surface area contributed by atoms with Crippen LogP contribution < -0.4 is 0 Å². The minimum absolute atomic E-state index is 0.449. The molecule has 2 heterocycles. The largest absolute Gasteiger partial charge is 0.248 e. The van der Waals surface area contributed by atoms with Crippen LogP contribution in [0.1, 0.15) is 22.3 Å². The van der Waals surface area contributed by atoms with Crippen molar-refractivity contribution in [3.63, 3.8) is 0 Å². The number of rotatable bonds is 5. The molecule has 0 unspecified atom stereocenters. The highest BCUT2D eigenvalue weighted by atomic mass is 14.9. The fourth-order valence-corrected chi connectivity index (χ4v) is 9.72. The standard InChI is InChI=1S/C56H35N3/c1-4-17-36(18-5-1)44-33-51(39-23-16-24-40(31-39)55-58-52(37-19-6-2-7-20-37)35-53(59-55)38-21-8-3-9-22-38)57-54-34-50-45(32-46(44)54)43-27-12-15-30-49(43)56(50)47-28-13-10-25-41(47)42-26-11-14-29-48(42)56/h1-35H. The molecule has 0 radical (unpaired) electrons. The molecule has 0 bridgehead atoms. The summed E-state index contributed by atoms with van der Waals surface area (Å²) in [6.07, 6.45) is 0. The minimum atomic E-state index is -0.449. The zero-order valence-corrected chi connectivity index (χ0v) is 32.0. The number of benzene rings is 8. The van der Waals surface area contributed by atoms with E-state index in [-0.39, 0.29) is 0 Å². The molecule has 2 aliphatic carbocycles. The first-order valence-electron chi connectivity index (χ1n) is 20.2. The average Bonchev–Trinajstić information content (AvgIpc) is 3.78. The van der Waals surface area contributed by atoms with Crippen LogP contribution in [0.5, 0.6) is 0 Å². The third-order valence-electron chi connectivity index (χ3n) is 12.3. The zero-order chi connectivity index (χ0) is 38.9. The van der Waals surface area contributed by atoms with Crippen molar-refractivity contribution in [1.82, 2.24) is 15.0 Å². The van der Waals surface area contributed by atoms with Crippen molar-refractivity contribution in [2.24, 2.45) is 0 Å². The van der Waals surface area contributed by atoms with E-state index < -0.39 is 5.41 Å². The fraction of sp³-hybridized carbons (Fsp3) is 0.0179. The molecule has 0 N–H and O–H groups in total. The molecule has 0 atom stereocenters. The number of nitrogens with zero attached hydrogens (tertiary/aromatic N) is 3. The third-order valence-corrected chi connectivity index (χ3v) is 12.3. The van der Waals surface area contributed by atoms with Gasteiger partial charge in [-0.1, -0.05) is 182 Å². The number of aromatic nitrogens is 3. The van der Waals surface area contributed by atoms with Gasteiger partial charge in [0.2, 0.25) is 0 Å².